The Morgan fingerprint density at radius 2 is 2.11 bits per heavy atom. The van der Waals surface area contributed by atoms with Crippen LogP contribution in [0.15, 0.2) is 0 Å². The van der Waals surface area contributed by atoms with Crippen molar-refractivity contribution in [1.82, 2.24) is 10.2 Å². The molecule has 2 aliphatic heterocycles. The van der Waals surface area contributed by atoms with Crippen molar-refractivity contribution in [3.05, 3.63) is 0 Å². The van der Waals surface area contributed by atoms with Gasteiger partial charge in [-0.15, -0.1) is 12.4 Å². The van der Waals surface area contributed by atoms with Gasteiger partial charge in [-0.2, -0.15) is 0 Å². The average molecular weight is 277 g/mol. The van der Waals surface area contributed by atoms with E-state index in [4.69, 9.17) is 4.74 Å². The van der Waals surface area contributed by atoms with Crippen LogP contribution in [0.4, 0.5) is 0 Å². The number of ether oxygens (including phenoxy) is 1. The van der Waals surface area contributed by atoms with Gasteiger partial charge in [-0.05, 0) is 31.7 Å². The second kappa shape index (κ2) is 7.31. The number of piperidine rings is 2. The summed E-state index contributed by atoms with van der Waals surface area (Å²) in [6.45, 7) is 4.83. The lowest BCUT2D eigenvalue weighted by atomic mass is 9.94. The second-order valence-electron chi connectivity index (χ2n) is 5.33. The van der Waals surface area contributed by atoms with Crippen LogP contribution in [0.2, 0.25) is 0 Å². The first-order valence-electron chi connectivity index (χ1n) is 6.77. The van der Waals surface area contributed by atoms with Crippen molar-refractivity contribution in [1.29, 1.82) is 0 Å². The molecular formula is C13H25ClN2O2. The summed E-state index contributed by atoms with van der Waals surface area (Å²) in [7, 11) is 1.74. The van der Waals surface area contributed by atoms with Crippen LogP contribution >= 0.6 is 12.4 Å². The van der Waals surface area contributed by atoms with Crippen LogP contribution in [-0.4, -0.2) is 49.7 Å². The van der Waals surface area contributed by atoms with Crippen LogP contribution in [0.3, 0.4) is 0 Å². The van der Waals surface area contributed by atoms with E-state index in [0.29, 0.717) is 5.92 Å². The van der Waals surface area contributed by atoms with Crippen molar-refractivity contribution < 1.29 is 9.53 Å². The topological polar surface area (TPSA) is 41.6 Å². The Kier molecular flexibility index (Phi) is 6.39. The zero-order chi connectivity index (χ0) is 12.3. The molecule has 0 aromatic heterocycles. The lowest BCUT2D eigenvalue weighted by Crippen LogP contribution is -2.54. The highest BCUT2D eigenvalue weighted by atomic mass is 35.5. The summed E-state index contributed by atoms with van der Waals surface area (Å²) >= 11 is 0. The van der Waals surface area contributed by atoms with Crippen LogP contribution in [0, 0.1) is 5.92 Å². The Balaban J connectivity index is 0.00000162. The number of methoxy groups -OCH3 is 1. The Labute approximate surface area is 116 Å². The number of halogens is 1. The Hall–Kier alpha value is -0.320. The quantitative estimate of drug-likeness (QED) is 0.830. The first-order chi connectivity index (χ1) is 8.22. The van der Waals surface area contributed by atoms with Crippen molar-refractivity contribution in [3.63, 3.8) is 0 Å². The highest BCUT2D eigenvalue weighted by molar-refractivity contribution is 5.85. The number of hydrogen-bond donors (Lipinski definition) is 1. The molecule has 2 fully saturated rings. The molecule has 2 heterocycles. The van der Waals surface area contributed by atoms with Gasteiger partial charge < -0.3 is 15.0 Å². The minimum absolute atomic E-state index is 0. The van der Waals surface area contributed by atoms with Gasteiger partial charge in [0, 0.05) is 20.2 Å². The molecule has 4 nitrogen and oxygen atoms in total. The van der Waals surface area contributed by atoms with Gasteiger partial charge in [0.05, 0.1) is 12.1 Å². The van der Waals surface area contributed by atoms with Crippen molar-refractivity contribution in [3.8, 4) is 0 Å². The number of carbonyl (C=O) groups excluding carboxylic acids is 1. The number of hydrogen-bond acceptors (Lipinski definition) is 3. The molecule has 0 bridgehead atoms. The third-order valence-electron chi connectivity index (χ3n) is 4.11. The molecule has 0 aromatic carbocycles. The maximum absolute atomic E-state index is 12.3. The highest BCUT2D eigenvalue weighted by Gasteiger charge is 2.32. The molecule has 2 saturated heterocycles. The first kappa shape index (κ1) is 15.7. The third kappa shape index (κ3) is 3.59. The molecule has 0 aromatic rings. The van der Waals surface area contributed by atoms with E-state index in [1.165, 1.54) is 12.8 Å². The highest BCUT2D eigenvalue weighted by Crippen LogP contribution is 2.21. The lowest BCUT2D eigenvalue weighted by Gasteiger charge is -2.38. The number of nitrogens with zero attached hydrogens (tertiary/aromatic N) is 1. The zero-order valence-electron chi connectivity index (χ0n) is 11.4. The van der Waals surface area contributed by atoms with Gasteiger partial charge in [0.1, 0.15) is 0 Å². The fourth-order valence-electron chi connectivity index (χ4n) is 2.82. The predicted molar refractivity (Wildman–Crippen MR) is 74.0 cm³/mol. The van der Waals surface area contributed by atoms with Crippen LogP contribution in [-0.2, 0) is 9.53 Å². The van der Waals surface area contributed by atoms with Gasteiger partial charge >= 0.3 is 0 Å². The zero-order valence-corrected chi connectivity index (χ0v) is 12.2. The largest absolute Gasteiger partial charge is 0.379 e. The van der Waals surface area contributed by atoms with E-state index in [9.17, 15) is 4.79 Å². The molecule has 2 rings (SSSR count). The molecule has 0 radical (unpaired) electrons. The first-order valence-corrected chi connectivity index (χ1v) is 6.77. The fraction of sp³-hybridized carbons (Fsp3) is 0.923. The van der Waals surface area contributed by atoms with Crippen LogP contribution in [0.5, 0.6) is 0 Å². The monoisotopic (exact) mass is 276 g/mol. The molecule has 18 heavy (non-hydrogen) atoms. The van der Waals surface area contributed by atoms with Crippen molar-refractivity contribution in [2.24, 2.45) is 5.92 Å². The molecule has 3 unspecified atom stereocenters. The summed E-state index contributed by atoms with van der Waals surface area (Å²) < 4.78 is 5.46. The van der Waals surface area contributed by atoms with Crippen molar-refractivity contribution in [2.45, 2.75) is 44.8 Å². The van der Waals surface area contributed by atoms with E-state index in [2.05, 4.69) is 12.2 Å². The summed E-state index contributed by atoms with van der Waals surface area (Å²) in [5.41, 5.74) is 0. The molecule has 2 aliphatic rings. The Bertz CT molecular complexity index is 270. The fourth-order valence-corrected chi connectivity index (χ4v) is 2.82. The average Bonchev–Trinajstić information content (AvgIpc) is 2.39. The van der Waals surface area contributed by atoms with E-state index < -0.39 is 0 Å². The molecule has 0 saturated carbocycles. The number of likely N-dealkylation sites (tertiary alicyclic amines) is 1. The van der Waals surface area contributed by atoms with Gasteiger partial charge in [0.25, 0.3) is 0 Å². The smallest absolute Gasteiger partial charge is 0.239 e. The minimum atomic E-state index is 0. The number of carbonyl (C=O) groups is 1. The molecule has 0 spiro atoms. The van der Waals surface area contributed by atoms with Gasteiger partial charge in [-0.1, -0.05) is 13.3 Å². The summed E-state index contributed by atoms with van der Waals surface area (Å²) in [4.78, 5) is 14.3. The van der Waals surface area contributed by atoms with E-state index in [1.807, 2.05) is 4.90 Å². The standard InChI is InChI=1S/C13H24N2O2.ClH/c1-10-6-8-15(9-12(10)17-2)13(16)11-5-3-4-7-14-11;/h10-12,14H,3-9H2,1-2H3;1H. The lowest BCUT2D eigenvalue weighted by molar-refractivity contribution is -0.139. The van der Waals surface area contributed by atoms with Gasteiger partial charge in [-0.3, -0.25) is 4.79 Å². The second-order valence-corrected chi connectivity index (χ2v) is 5.33. The maximum atomic E-state index is 12.3. The van der Waals surface area contributed by atoms with Crippen molar-refractivity contribution >= 4 is 18.3 Å². The van der Waals surface area contributed by atoms with Crippen LogP contribution in [0.25, 0.3) is 0 Å². The van der Waals surface area contributed by atoms with E-state index >= 15 is 0 Å². The molecule has 5 heteroatoms. The number of nitrogens with one attached hydrogen (secondary N) is 1. The molecular weight excluding hydrogens is 252 g/mol. The van der Waals surface area contributed by atoms with Crippen LogP contribution < -0.4 is 5.32 Å². The van der Waals surface area contributed by atoms with E-state index in [0.717, 1.165) is 32.5 Å². The van der Waals surface area contributed by atoms with E-state index in [1.54, 1.807) is 7.11 Å². The number of amides is 1. The normalized spacial score (nSPS) is 32.8. The minimum Gasteiger partial charge on any atom is -0.379 e. The van der Waals surface area contributed by atoms with Gasteiger partial charge in [0.2, 0.25) is 5.91 Å². The summed E-state index contributed by atoms with van der Waals surface area (Å²) in [6, 6.07) is 0.0506. The Morgan fingerprint density at radius 1 is 1.33 bits per heavy atom. The van der Waals surface area contributed by atoms with Crippen molar-refractivity contribution in [2.75, 3.05) is 26.7 Å². The van der Waals surface area contributed by atoms with Crippen LogP contribution in [0.1, 0.15) is 32.6 Å². The summed E-state index contributed by atoms with van der Waals surface area (Å²) in [6.07, 6.45) is 4.61. The van der Waals surface area contributed by atoms with Gasteiger partial charge in [0.15, 0.2) is 0 Å². The molecule has 0 aliphatic carbocycles. The summed E-state index contributed by atoms with van der Waals surface area (Å²) in [5, 5.41) is 3.33. The molecule has 1 N–H and O–H groups in total. The molecule has 1 amide bonds. The third-order valence-corrected chi connectivity index (χ3v) is 4.11. The number of rotatable bonds is 2. The Morgan fingerprint density at radius 3 is 2.72 bits per heavy atom. The van der Waals surface area contributed by atoms with E-state index in [-0.39, 0.29) is 30.5 Å². The SMILES string of the molecule is COC1CN(C(=O)C2CCCCN2)CCC1C.Cl. The molecule has 106 valence electrons. The maximum Gasteiger partial charge on any atom is 0.239 e. The molecule has 3 atom stereocenters. The van der Waals surface area contributed by atoms with Gasteiger partial charge in [-0.25, -0.2) is 0 Å². The summed E-state index contributed by atoms with van der Waals surface area (Å²) in [5.74, 6) is 0.835. The predicted octanol–water partition coefficient (Wildman–Crippen LogP) is 1.43.